The van der Waals surface area contributed by atoms with Gasteiger partial charge in [0.25, 0.3) is 0 Å². The van der Waals surface area contributed by atoms with Crippen molar-refractivity contribution in [2.75, 3.05) is 0 Å². The van der Waals surface area contributed by atoms with Gasteiger partial charge in [-0.1, -0.05) is 164 Å². The Balaban J connectivity index is 0.000000217. The van der Waals surface area contributed by atoms with Gasteiger partial charge in [-0.05, 0) is 220 Å². The Labute approximate surface area is 402 Å². The van der Waals surface area contributed by atoms with Crippen LogP contribution in [0.3, 0.4) is 0 Å². The number of hydrogen-bond acceptors (Lipinski definition) is 0. The van der Waals surface area contributed by atoms with Crippen molar-refractivity contribution in [1.29, 1.82) is 0 Å². The third-order valence-corrected chi connectivity index (χ3v) is 12.5. The van der Waals surface area contributed by atoms with Gasteiger partial charge < -0.3 is 0 Å². The molecule has 0 saturated carbocycles. The summed E-state index contributed by atoms with van der Waals surface area (Å²) in [6, 6.07) is 40.9. The van der Waals surface area contributed by atoms with Crippen molar-refractivity contribution in [3.05, 3.63) is 284 Å². The molecule has 0 fully saturated rings. The molecule has 0 aliphatic heterocycles. The van der Waals surface area contributed by atoms with Crippen molar-refractivity contribution in [2.45, 2.75) is 120 Å². The van der Waals surface area contributed by atoms with Gasteiger partial charge in [0.05, 0.1) is 0 Å². The van der Waals surface area contributed by atoms with Crippen molar-refractivity contribution in [3.63, 3.8) is 0 Å². The minimum absolute atomic E-state index is 0.940. The number of benzene rings is 6. The van der Waals surface area contributed by atoms with E-state index in [1.165, 1.54) is 100 Å². The molecular weight excluding hydrogens is 793 g/mol. The van der Waals surface area contributed by atoms with Gasteiger partial charge in [-0.2, -0.15) is 0 Å². The van der Waals surface area contributed by atoms with E-state index >= 15 is 0 Å². The fourth-order valence-corrected chi connectivity index (χ4v) is 8.24. The Morgan fingerprint density at radius 1 is 0.288 bits per heavy atom. The largest absolute Gasteiger partial charge is 0.103 e. The molecule has 0 unspecified atom stereocenters. The number of rotatable bonds is 18. The van der Waals surface area contributed by atoms with Gasteiger partial charge in [-0.15, -0.1) is 19.7 Å². The molecule has 6 aromatic rings. The van der Waals surface area contributed by atoms with E-state index in [9.17, 15) is 0 Å². The van der Waals surface area contributed by atoms with E-state index in [-0.39, 0.29) is 0 Å². The van der Waals surface area contributed by atoms with E-state index in [1.54, 1.807) is 0 Å². The highest BCUT2D eigenvalue weighted by molar-refractivity contribution is 5.42. The summed E-state index contributed by atoms with van der Waals surface area (Å²) in [5, 5.41) is 0. The van der Waals surface area contributed by atoms with E-state index in [4.69, 9.17) is 0 Å². The zero-order valence-electron chi connectivity index (χ0n) is 42.1. The first kappa shape index (κ1) is 52.4. The summed E-state index contributed by atoms with van der Waals surface area (Å²) in [6.45, 7) is 30.9. The molecule has 342 valence electrons. The minimum atomic E-state index is 0.940. The Morgan fingerprint density at radius 2 is 0.470 bits per heavy atom. The van der Waals surface area contributed by atoms with E-state index in [0.29, 0.717) is 0 Å². The molecule has 0 atom stereocenters. The number of hydrogen-bond donors (Lipinski definition) is 0. The SMILES string of the molecule is C/C=C/Cc1cc(Cc2ccc(C)c(C/C=C/C)c2)ccc1C.C=CCc1cc(Cc2ccc(C)c(C/C=C/C)c2)ccc1C.C=CCc1cc(Cc2ccc(C)c(CC=C)c2)ccc1C. The molecule has 0 nitrogen and oxygen atoms in total. The van der Waals surface area contributed by atoms with Crippen LogP contribution in [-0.2, 0) is 57.8 Å². The highest BCUT2D eigenvalue weighted by Gasteiger charge is 2.07. The van der Waals surface area contributed by atoms with Crippen LogP contribution in [0, 0.1) is 41.5 Å². The Bertz CT molecular complexity index is 2480. The van der Waals surface area contributed by atoms with Crippen molar-refractivity contribution >= 4 is 0 Å². The Morgan fingerprint density at radius 3 is 0.636 bits per heavy atom. The highest BCUT2D eigenvalue weighted by atomic mass is 14.1. The summed E-state index contributed by atoms with van der Waals surface area (Å²) >= 11 is 0. The van der Waals surface area contributed by atoms with Crippen LogP contribution >= 0.6 is 0 Å². The monoisotopic (exact) mass is 871 g/mol. The average Bonchev–Trinajstić information content (AvgIpc) is 3.31. The minimum Gasteiger partial charge on any atom is -0.103 e. The van der Waals surface area contributed by atoms with Crippen molar-refractivity contribution < 1.29 is 0 Å². The smallest absolute Gasteiger partial charge is 0.00256 e. The molecular formula is C66H78. The topological polar surface area (TPSA) is 0 Å². The van der Waals surface area contributed by atoms with Gasteiger partial charge >= 0.3 is 0 Å². The second-order valence-corrected chi connectivity index (χ2v) is 17.9. The standard InChI is InChI=1S/C23H28.C22H26.C21H24/c1-5-7-9-22-16-20(13-11-18(22)3)15-21-14-12-19(4)23(17-21)10-8-6-2;1-5-7-9-22-16-20(13-11-18(22)4)14-19-12-10-17(3)21(15-19)8-6-2;1-5-7-20-14-18(11-9-16(20)3)13-19-12-10-17(4)21(15-19)8-6-2/h5-8,11-14,16-17H,9-10,15H2,1-4H3;5-7,10-13,15-16H,2,8-9,14H2,1,3-4H3;5-6,9-12,14-15H,1-2,7-8,13H2,3-4H3/b7-5+,8-6+;7-5+;. The van der Waals surface area contributed by atoms with Gasteiger partial charge in [0.15, 0.2) is 0 Å². The van der Waals surface area contributed by atoms with Crippen LogP contribution in [0.25, 0.3) is 0 Å². The van der Waals surface area contributed by atoms with E-state index in [2.05, 4.69) is 228 Å². The molecule has 0 amide bonds. The van der Waals surface area contributed by atoms with Crippen molar-refractivity contribution in [1.82, 2.24) is 0 Å². The van der Waals surface area contributed by atoms with Crippen LogP contribution in [0.15, 0.2) is 184 Å². The molecule has 0 radical (unpaired) electrons. The maximum Gasteiger partial charge on any atom is -0.00256 e. The second kappa shape index (κ2) is 27.9. The molecule has 0 heteroatoms. The molecule has 66 heavy (non-hydrogen) atoms. The fraction of sp³-hybridized carbons (Fsp3) is 0.273. The molecule has 0 spiro atoms. The second-order valence-electron chi connectivity index (χ2n) is 17.9. The van der Waals surface area contributed by atoms with Crippen LogP contribution in [0.1, 0.15) is 121 Å². The van der Waals surface area contributed by atoms with Gasteiger partial charge in [0, 0.05) is 0 Å². The lowest BCUT2D eigenvalue weighted by molar-refractivity contribution is 1.11. The predicted molar refractivity (Wildman–Crippen MR) is 293 cm³/mol. The van der Waals surface area contributed by atoms with Crippen molar-refractivity contribution in [3.8, 4) is 0 Å². The third-order valence-electron chi connectivity index (χ3n) is 12.5. The molecule has 0 heterocycles. The molecule has 0 aliphatic rings. The van der Waals surface area contributed by atoms with Crippen LogP contribution in [-0.4, -0.2) is 0 Å². The summed E-state index contributed by atoms with van der Waals surface area (Å²) in [6.07, 6.45) is 27.8. The maximum atomic E-state index is 3.85. The first-order chi connectivity index (χ1) is 31.9. The zero-order valence-corrected chi connectivity index (χ0v) is 42.1. The molecule has 6 rings (SSSR count). The molecule has 0 aromatic heterocycles. The number of allylic oxidation sites excluding steroid dienone is 9. The van der Waals surface area contributed by atoms with Gasteiger partial charge in [0.1, 0.15) is 0 Å². The summed E-state index contributed by atoms with van der Waals surface area (Å²) in [4.78, 5) is 0. The summed E-state index contributed by atoms with van der Waals surface area (Å²) < 4.78 is 0. The average molecular weight is 871 g/mol. The third kappa shape index (κ3) is 17.0. The first-order valence-corrected chi connectivity index (χ1v) is 24.1. The van der Waals surface area contributed by atoms with Crippen LogP contribution in [0.5, 0.6) is 0 Å². The lowest BCUT2D eigenvalue weighted by Gasteiger charge is -2.10. The van der Waals surface area contributed by atoms with Crippen LogP contribution in [0.4, 0.5) is 0 Å². The highest BCUT2D eigenvalue weighted by Crippen LogP contribution is 2.22. The van der Waals surface area contributed by atoms with Crippen molar-refractivity contribution in [2.24, 2.45) is 0 Å². The maximum absolute atomic E-state index is 3.85. The lowest BCUT2D eigenvalue weighted by Crippen LogP contribution is -1.95. The molecule has 0 aliphatic carbocycles. The van der Waals surface area contributed by atoms with Gasteiger partial charge in [-0.25, -0.2) is 0 Å². The quantitative estimate of drug-likeness (QED) is 0.0755. The van der Waals surface area contributed by atoms with Gasteiger partial charge in [0.2, 0.25) is 0 Å². The van der Waals surface area contributed by atoms with Crippen LogP contribution in [0.2, 0.25) is 0 Å². The summed E-state index contributed by atoms with van der Waals surface area (Å²) in [5.41, 5.74) is 24.9. The van der Waals surface area contributed by atoms with E-state index in [0.717, 1.165) is 57.8 Å². The molecule has 0 bridgehead atoms. The van der Waals surface area contributed by atoms with Gasteiger partial charge in [-0.3, -0.25) is 0 Å². The molecule has 0 saturated heterocycles. The van der Waals surface area contributed by atoms with E-state index in [1.807, 2.05) is 18.2 Å². The Hall–Kier alpha value is -6.24. The molecule has 6 aromatic carbocycles. The summed E-state index contributed by atoms with van der Waals surface area (Å²) in [7, 11) is 0. The molecule has 0 N–H and O–H groups in total. The zero-order chi connectivity index (χ0) is 47.8. The normalized spacial score (nSPS) is 11.0. The Kier molecular flexibility index (Phi) is 22.2. The van der Waals surface area contributed by atoms with Crippen LogP contribution < -0.4 is 0 Å². The van der Waals surface area contributed by atoms with E-state index < -0.39 is 0 Å². The lowest BCUT2D eigenvalue weighted by atomic mass is 9.95. The predicted octanol–water partition coefficient (Wildman–Crippen LogP) is 17.2. The number of aryl methyl sites for hydroxylation is 6. The summed E-state index contributed by atoms with van der Waals surface area (Å²) in [5.74, 6) is 0. The first-order valence-electron chi connectivity index (χ1n) is 24.1. The fourth-order valence-electron chi connectivity index (χ4n) is 8.24.